The van der Waals surface area contributed by atoms with E-state index in [1.807, 2.05) is 41.3 Å². The highest BCUT2D eigenvalue weighted by Crippen LogP contribution is 2.25. The summed E-state index contributed by atoms with van der Waals surface area (Å²) in [6, 6.07) is 24.6. The van der Waals surface area contributed by atoms with E-state index in [9.17, 15) is 4.79 Å². The Morgan fingerprint density at radius 1 is 1.03 bits per heavy atom. The second kappa shape index (κ2) is 11.9. The van der Waals surface area contributed by atoms with E-state index in [2.05, 4.69) is 11.0 Å². The molecule has 1 atom stereocenters. The Morgan fingerprint density at radius 2 is 1.74 bits per heavy atom. The van der Waals surface area contributed by atoms with Crippen molar-refractivity contribution in [3.05, 3.63) is 100 Å². The minimum absolute atomic E-state index is 0.0303. The van der Waals surface area contributed by atoms with Crippen molar-refractivity contribution in [2.45, 2.75) is 12.7 Å². The molecule has 1 fully saturated rings. The molecular weight excluding hydrogens is 462 g/mol. The lowest BCUT2D eigenvalue weighted by atomic mass is 10.1. The van der Waals surface area contributed by atoms with Gasteiger partial charge in [-0.15, -0.1) is 0 Å². The molecule has 1 aliphatic rings. The normalized spacial score (nSPS) is 14.8. The number of methoxy groups -OCH3 is 1. The molecule has 0 aromatic heterocycles. The van der Waals surface area contributed by atoms with Gasteiger partial charge in [-0.1, -0.05) is 35.9 Å². The van der Waals surface area contributed by atoms with Crippen molar-refractivity contribution >= 4 is 17.5 Å². The third kappa shape index (κ3) is 6.61. The maximum absolute atomic E-state index is 12.8. The van der Waals surface area contributed by atoms with Crippen LogP contribution in [0, 0.1) is 11.3 Å². The Kier molecular flexibility index (Phi) is 8.38. The summed E-state index contributed by atoms with van der Waals surface area (Å²) in [6.45, 7) is 3.97. The first-order valence-corrected chi connectivity index (χ1v) is 12.0. The molecule has 0 saturated carbocycles. The number of benzene rings is 3. The molecule has 1 aliphatic heterocycles. The zero-order chi connectivity index (χ0) is 24.6. The van der Waals surface area contributed by atoms with Crippen LogP contribution in [-0.4, -0.2) is 55.5 Å². The SMILES string of the molecule is COc1cccc([C@@H](CN2CCN(C(=O)c3ccc(Cl)cc3)CC2)OCc2ccc(C#N)cc2)c1. The highest BCUT2D eigenvalue weighted by atomic mass is 35.5. The van der Waals surface area contributed by atoms with Crippen LogP contribution in [-0.2, 0) is 11.3 Å². The molecule has 0 aliphatic carbocycles. The first-order valence-electron chi connectivity index (χ1n) is 11.6. The molecule has 0 radical (unpaired) electrons. The minimum Gasteiger partial charge on any atom is -0.497 e. The van der Waals surface area contributed by atoms with Crippen molar-refractivity contribution in [1.82, 2.24) is 9.80 Å². The smallest absolute Gasteiger partial charge is 0.253 e. The van der Waals surface area contributed by atoms with Crippen LogP contribution >= 0.6 is 11.6 Å². The summed E-state index contributed by atoms with van der Waals surface area (Å²) in [5.74, 6) is 0.815. The molecule has 1 saturated heterocycles. The van der Waals surface area contributed by atoms with E-state index in [4.69, 9.17) is 26.3 Å². The number of nitrogens with zero attached hydrogens (tertiary/aromatic N) is 3. The van der Waals surface area contributed by atoms with Crippen molar-refractivity contribution < 1.29 is 14.3 Å². The number of piperazine rings is 1. The molecule has 0 spiro atoms. The van der Waals surface area contributed by atoms with Crippen molar-refractivity contribution in [1.29, 1.82) is 5.26 Å². The summed E-state index contributed by atoms with van der Waals surface area (Å²) >= 11 is 5.95. The van der Waals surface area contributed by atoms with Crippen LogP contribution in [0.25, 0.3) is 0 Å². The maximum atomic E-state index is 12.8. The van der Waals surface area contributed by atoms with E-state index >= 15 is 0 Å². The van der Waals surface area contributed by atoms with Gasteiger partial charge < -0.3 is 14.4 Å². The Labute approximate surface area is 211 Å². The molecular formula is C28H28ClN3O3. The Balaban J connectivity index is 1.40. The molecule has 1 amide bonds. The van der Waals surface area contributed by atoms with Crippen LogP contribution < -0.4 is 4.74 Å². The Hall–Kier alpha value is -3.37. The Bertz CT molecular complexity index is 1170. The lowest BCUT2D eigenvalue weighted by molar-refractivity contribution is 0.00333. The van der Waals surface area contributed by atoms with Crippen molar-refractivity contribution in [3.63, 3.8) is 0 Å². The molecule has 0 unspecified atom stereocenters. The third-order valence-electron chi connectivity index (χ3n) is 6.17. The van der Waals surface area contributed by atoms with E-state index in [1.54, 1.807) is 43.5 Å². The average molecular weight is 490 g/mol. The maximum Gasteiger partial charge on any atom is 0.253 e. The number of halogens is 1. The minimum atomic E-state index is -0.167. The number of amides is 1. The second-order valence-electron chi connectivity index (χ2n) is 8.48. The van der Waals surface area contributed by atoms with Gasteiger partial charge in [0.05, 0.1) is 31.5 Å². The van der Waals surface area contributed by atoms with E-state index in [0.29, 0.717) is 42.4 Å². The number of hydrogen-bond acceptors (Lipinski definition) is 5. The standard InChI is InChI=1S/C28H28ClN3O3/c1-34-26-4-2-3-24(17-26)27(35-20-22-7-5-21(18-30)6-8-22)19-31-13-15-32(16-14-31)28(33)23-9-11-25(29)12-10-23/h2-12,17,27H,13-16,19-20H2,1H3/t27-/m1/s1. The van der Waals surface area contributed by atoms with Gasteiger partial charge in [-0.05, 0) is 59.7 Å². The number of ether oxygens (including phenoxy) is 2. The summed E-state index contributed by atoms with van der Waals surface area (Å²) in [5, 5.41) is 9.65. The van der Waals surface area contributed by atoms with Crippen LogP contribution in [0.4, 0.5) is 0 Å². The lowest BCUT2D eigenvalue weighted by Crippen LogP contribution is -2.49. The fraction of sp³-hybridized carbons (Fsp3) is 0.286. The lowest BCUT2D eigenvalue weighted by Gasteiger charge is -2.36. The fourth-order valence-corrected chi connectivity index (χ4v) is 4.24. The summed E-state index contributed by atoms with van der Waals surface area (Å²) in [5.41, 5.74) is 3.33. The van der Waals surface area contributed by atoms with E-state index in [-0.39, 0.29) is 12.0 Å². The zero-order valence-electron chi connectivity index (χ0n) is 19.7. The molecule has 1 heterocycles. The molecule has 3 aromatic rings. The summed E-state index contributed by atoms with van der Waals surface area (Å²) in [4.78, 5) is 17.1. The average Bonchev–Trinajstić information content (AvgIpc) is 2.91. The number of hydrogen-bond donors (Lipinski definition) is 0. The summed E-state index contributed by atoms with van der Waals surface area (Å²) in [6.07, 6.45) is -0.167. The number of carbonyl (C=O) groups excluding carboxylic acids is 1. The topological polar surface area (TPSA) is 65.8 Å². The van der Waals surface area contributed by atoms with Crippen LogP contribution in [0.5, 0.6) is 5.75 Å². The molecule has 3 aromatic carbocycles. The van der Waals surface area contributed by atoms with Crippen molar-refractivity contribution in [2.75, 3.05) is 39.8 Å². The van der Waals surface area contributed by atoms with Crippen molar-refractivity contribution in [2.24, 2.45) is 0 Å². The van der Waals surface area contributed by atoms with Gasteiger partial charge in [-0.3, -0.25) is 9.69 Å². The van der Waals surface area contributed by atoms with E-state index in [0.717, 1.165) is 30.0 Å². The van der Waals surface area contributed by atoms with Crippen LogP contribution in [0.15, 0.2) is 72.8 Å². The van der Waals surface area contributed by atoms with E-state index in [1.165, 1.54) is 0 Å². The zero-order valence-corrected chi connectivity index (χ0v) is 20.4. The quantitative estimate of drug-likeness (QED) is 0.448. The predicted molar refractivity (Wildman–Crippen MR) is 135 cm³/mol. The molecule has 4 rings (SSSR count). The Morgan fingerprint density at radius 3 is 2.40 bits per heavy atom. The molecule has 6 nitrogen and oxygen atoms in total. The number of nitriles is 1. The highest BCUT2D eigenvalue weighted by molar-refractivity contribution is 6.30. The monoisotopic (exact) mass is 489 g/mol. The molecule has 35 heavy (non-hydrogen) atoms. The summed E-state index contributed by atoms with van der Waals surface area (Å²) < 4.78 is 11.8. The molecule has 0 bridgehead atoms. The first-order chi connectivity index (χ1) is 17.1. The van der Waals surface area contributed by atoms with E-state index < -0.39 is 0 Å². The second-order valence-corrected chi connectivity index (χ2v) is 8.92. The van der Waals surface area contributed by atoms with Crippen LogP contribution in [0.3, 0.4) is 0 Å². The van der Waals surface area contributed by atoms with Gasteiger partial charge in [0, 0.05) is 43.3 Å². The van der Waals surface area contributed by atoms with Gasteiger partial charge in [-0.2, -0.15) is 5.26 Å². The fourth-order valence-electron chi connectivity index (χ4n) is 4.11. The summed E-state index contributed by atoms with van der Waals surface area (Å²) in [7, 11) is 1.66. The van der Waals surface area contributed by atoms with Gasteiger partial charge in [0.25, 0.3) is 5.91 Å². The predicted octanol–water partition coefficient (Wildman–Crippen LogP) is 4.94. The van der Waals surface area contributed by atoms with Gasteiger partial charge >= 0.3 is 0 Å². The van der Waals surface area contributed by atoms with Gasteiger partial charge in [0.1, 0.15) is 5.75 Å². The van der Waals surface area contributed by atoms with Gasteiger partial charge in [0.2, 0.25) is 0 Å². The number of carbonyl (C=O) groups is 1. The molecule has 0 N–H and O–H groups in total. The van der Waals surface area contributed by atoms with Crippen molar-refractivity contribution in [3.8, 4) is 11.8 Å². The molecule has 7 heteroatoms. The molecule has 180 valence electrons. The van der Waals surface area contributed by atoms with Crippen LogP contribution in [0.1, 0.15) is 33.2 Å². The van der Waals surface area contributed by atoms with Gasteiger partial charge in [-0.25, -0.2) is 0 Å². The van der Waals surface area contributed by atoms with Crippen LogP contribution in [0.2, 0.25) is 5.02 Å². The highest BCUT2D eigenvalue weighted by Gasteiger charge is 2.25. The number of rotatable bonds is 8. The first kappa shape index (κ1) is 24.7. The largest absolute Gasteiger partial charge is 0.497 e. The van der Waals surface area contributed by atoms with Gasteiger partial charge in [0.15, 0.2) is 0 Å². The third-order valence-corrected chi connectivity index (χ3v) is 6.43.